The Morgan fingerprint density at radius 1 is 1.20 bits per heavy atom. The molecule has 1 saturated heterocycles. The second kappa shape index (κ2) is 6.86. The van der Waals surface area contributed by atoms with Gasteiger partial charge in [-0.05, 0) is 32.3 Å². The van der Waals surface area contributed by atoms with Crippen LogP contribution in [0.5, 0.6) is 0 Å². The van der Waals surface area contributed by atoms with Gasteiger partial charge in [0, 0.05) is 6.04 Å². The van der Waals surface area contributed by atoms with Gasteiger partial charge in [-0.15, -0.1) is 0 Å². The van der Waals surface area contributed by atoms with Gasteiger partial charge in [0.1, 0.15) is 12.1 Å². The van der Waals surface area contributed by atoms with E-state index in [-0.39, 0.29) is 24.4 Å². The van der Waals surface area contributed by atoms with Crippen molar-refractivity contribution in [2.24, 2.45) is 0 Å². The van der Waals surface area contributed by atoms with Crippen molar-refractivity contribution in [2.75, 3.05) is 6.54 Å². The predicted molar refractivity (Wildman–Crippen MR) is 93.8 cm³/mol. The van der Waals surface area contributed by atoms with Crippen LogP contribution in [0.4, 0.5) is 4.79 Å². The fourth-order valence-corrected chi connectivity index (χ4v) is 3.59. The first-order chi connectivity index (χ1) is 11.9. The van der Waals surface area contributed by atoms with Gasteiger partial charge in [0.15, 0.2) is 0 Å². The molecule has 3 rings (SSSR count). The van der Waals surface area contributed by atoms with Crippen LogP contribution in [-0.4, -0.2) is 35.3 Å². The number of urea groups is 1. The summed E-state index contributed by atoms with van der Waals surface area (Å²) >= 11 is 0. The van der Waals surface area contributed by atoms with Crippen LogP contribution in [0.2, 0.25) is 0 Å². The van der Waals surface area contributed by atoms with Crippen molar-refractivity contribution in [3.8, 4) is 0 Å². The van der Waals surface area contributed by atoms with Crippen LogP contribution in [0.25, 0.3) is 0 Å². The Labute approximate surface area is 148 Å². The molecule has 2 N–H and O–H groups in total. The lowest BCUT2D eigenvalue weighted by molar-refractivity contribution is -0.135. The molecule has 6 heteroatoms. The third kappa shape index (κ3) is 3.52. The predicted octanol–water partition coefficient (Wildman–Crippen LogP) is 2.21. The summed E-state index contributed by atoms with van der Waals surface area (Å²) in [5.74, 6) is -0.663. The van der Waals surface area contributed by atoms with Gasteiger partial charge in [-0.3, -0.25) is 14.5 Å². The number of rotatable bonds is 4. The highest BCUT2D eigenvalue weighted by atomic mass is 16.2. The molecule has 4 amide bonds. The number of aryl methyl sites for hydroxylation is 1. The molecule has 1 aliphatic carbocycles. The smallest absolute Gasteiger partial charge is 0.325 e. The molecule has 25 heavy (non-hydrogen) atoms. The van der Waals surface area contributed by atoms with Crippen molar-refractivity contribution in [1.82, 2.24) is 15.5 Å². The number of hydrogen-bond donors (Lipinski definition) is 2. The Balaban J connectivity index is 1.68. The van der Waals surface area contributed by atoms with Crippen LogP contribution in [0.1, 0.15) is 50.2 Å². The van der Waals surface area contributed by atoms with E-state index >= 15 is 0 Å². The Morgan fingerprint density at radius 2 is 1.84 bits per heavy atom. The number of amides is 4. The molecular formula is C19H25N3O3. The van der Waals surface area contributed by atoms with Crippen molar-refractivity contribution in [3.05, 3.63) is 35.4 Å². The van der Waals surface area contributed by atoms with E-state index in [9.17, 15) is 14.4 Å². The number of nitrogens with zero attached hydrogens (tertiary/aromatic N) is 1. The van der Waals surface area contributed by atoms with Crippen molar-refractivity contribution >= 4 is 17.8 Å². The van der Waals surface area contributed by atoms with Gasteiger partial charge in [0.25, 0.3) is 5.91 Å². The second-order valence-corrected chi connectivity index (χ2v) is 7.21. The molecule has 1 aliphatic heterocycles. The van der Waals surface area contributed by atoms with Crippen molar-refractivity contribution in [3.63, 3.8) is 0 Å². The minimum absolute atomic E-state index is 0.158. The van der Waals surface area contributed by atoms with Gasteiger partial charge in [0.05, 0.1) is 0 Å². The number of imide groups is 1. The number of hydrogen-bond acceptors (Lipinski definition) is 3. The zero-order valence-electron chi connectivity index (χ0n) is 14.8. The standard InChI is InChI=1S/C19H25N3O3/c1-13-8-10-14(11-9-13)19(2)17(24)22(18(25)21-19)12-16(23)20-15-6-4-3-5-7-15/h8-11,15H,3-7,12H2,1-2H3,(H,20,23)(H,21,25). The van der Waals surface area contributed by atoms with E-state index in [0.29, 0.717) is 5.56 Å². The summed E-state index contributed by atoms with van der Waals surface area (Å²) in [6.45, 7) is 3.41. The van der Waals surface area contributed by atoms with Crippen LogP contribution < -0.4 is 10.6 Å². The lowest BCUT2D eigenvalue weighted by Gasteiger charge is -2.24. The molecule has 1 aromatic rings. The molecule has 0 spiro atoms. The third-order valence-electron chi connectivity index (χ3n) is 5.18. The van der Waals surface area contributed by atoms with Crippen LogP contribution in [0, 0.1) is 6.92 Å². The van der Waals surface area contributed by atoms with E-state index in [2.05, 4.69) is 10.6 Å². The summed E-state index contributed by atoms with van der Waals surface area (Å²) in [5, 5.41) is 5.68. The SMILES string of the molecule is Cc1ccc(C2(C)NC(=O)N(CC(=O)NC3CCCCC3)C2=O)cc1. The fraction of sp³-hybridized carbons (Fsp3) is 0.526. The number of nitrogens with one attached hydrogen (secondary N) is 2. The van der Waals surface area contributed by atoms with Crippen molar-refractivity contribution < 1.29 is 14.4 Å². The lowest BCUT2D eigenvalue weighted by Crippen LogP contribution is -2.45. The van der Waals surface area contributed by atoms with Crippen LogP contribution in [0.3, 0.4) is 0 Å². The zero-order chi connectivity index (χ0) is 18.0. The molecule has 0 bridgehead atoms. The molecule has 1 saturated carbocycles. The molecule has 2 aliphatic rings. The third-order valence-corrected chi connectivity index (χ3v) is 5.18. The molecule has 2 fully saturated rings. The van der Waals surface area contributed by atoms with Gasteiger partial charge in [-0.25, -0.2) is 4.79 Å². The second-order valence-electron chi connectivity index (χ2n) is 7.21. The summed E-state index contributed by atoms with van der Waals surface area (Å²) in [5.41, 5.74) is 0.662. The minimum Gasteiger partial charge on any atom is -0.352 e. The van der Waals surface area contributed by atoms with Gasteiger partial charge in [0.2, 0.25) is 5.91 Å². The van der Waals surface area contributed by atoms with E-state index in [1.165, 1.54) is 6.42 Å². The van der Waals surface area contributed by atoms with E-state index in [1.54, 1.807) is 6.92 Å². The quantitative estimate of drug-likeness (QED) is 0.823. The van der Waals surface area contributed by atoms with Gasteiger partial charge < -0.3 is 10.6 Å². The molecule has 1 atom stereocenters. The number of carbonyl (C=O) groups excluding carboxylic acids is 3. The Hall–Kier alpha value is -2.37. The van der Waals surface area contributed by atoms with Gasteiger partial charge >= 0.3 is 6.03 Å². The van der Waals surface area contributed by atoms with E-state index in [0.717, 1.165) is 36.1 Å². The van der Waals surface area contributed by atoms with Crippen LogP contribution in [-0.2, 0) is 15.1 Å². The van der Waals surface area contributed by atoms with E-state index < -0.39 is 11.6 Å². The fourth-order valence-electron chi connectivity index (χ4n) is 3.59. The first-order valence-corrected chi connectivity index (χ1v) is 8.91. The highest BCUT2D eigenvalue weighted by Crippen LogP contribution is 2.29. The van der Waals surface area contributed by atoms with Crippen molar-refractivity contribution in [1.29, 1.82) is 0 Å². The molecule has 1 unspecified atom stereocenters. The van der Waals surface area contributed by atoms with E-state index in [4.69, 9.17) is 0 Å². The molecule has 0 radical (unpaired) electrons. The first kappa shape index (κ1) is 17.5. The normalized spacial score (nSPS) is 24.3. The Kier molecular flexibility index (Phi) is 4.79. The average Bonchev–Trinajstić information content (AvgIpc) is 2.80. The molecule has 1 heterocycles. The number of carbonyl (C=O) groups is 3. The number of benzene rings is 1. The summed E-state index contributed by atoms with van der Waals surface area (Å²) in [6, 6.07) is 7.10. The highest BCUT2D eigenvalue weighted by molar-refractivity contribution is 6.09. The van der Waals surface area contributed by atoms with Crippen LogP contribution in [0.15, 0.2) is 24.3 Å². The highest BCUT2D eigenvalue weighted by Gasteiger charge is 2.49. The largest absolute Gasteiger partial charge is 0.352 e. The topological polar surface area (TPSA) is 78.5 Å². The van der Waals surface area contributed by atoms with E-state index in [1.807, 2.05) is 31.2 Å². The van der Waals surface area contributed by atoms with Crippen LogP contribution >= 0.6 is 0 Å². The Morgan fingerprint density at radius 3 is 2.48 bits per heavy atom. The summed E-state index contributed by atoms with van der Waals surface area (Å²) in [7, 11) is 0. The maximum absolute atomic E-state index is 12.8. The average molecular weight is 343 g/mol. The maximum atomic E-state index is 12.8. The first-order valence-electron chi connectivity index (χ1n) is 8.91. The summed E-state index contributed by atoms with van der Waals surface area (Å²) < 4.78 is 0. The molecular weight excluding hydrogens is 318 g/mol. The van der Waals surface area contributed by atoms with Gasteiger partial charge in [-0.2, -0.15) is 0 Å². The van der Waals surface area contributed by atoms with Crippen molar-refractivity contribution in [2.45, 2.75) is 57.5 Å². The zero-order valence-corrected chi connectivity index (χ0v) is 14.8. The Bertz CT molecular complexity index is 680. The minimum atomic E-state index is -1.13. The molecule has 0 aromatic heterocycles. The van der Waals surface area contributed by atoms with Gasteiger partial charge in [-0.1, -0.05) is 49.1 Å². The molecule has 6 nitrogen and oxygen atoms in total. The molecule has 1 aromatic carbocycles. The monoisotopic (exact) mass is 343 g/mol. The summed E-state index contributed by atoms with van der Waals surface area (Å²) in [6.07, 6.45) is 5.35. The lowest BCUT2D eigenvalue weighted by atomic mass is 9.91. The maximum Gasteiger partial charge on any atom is 0.325 e. The molecule has 134 valence electrons. The summed E-state index contributed by atoms with van der Waals surface area (Å²) in [4.78, 5) is 38.4.